The van der Waals surface area contributed by atoms with Gasteiger partial charge in [0.1, 0.15) is 11.4 Å². The van der Waals surface area contributed by atoms with E-state index < -0.39 is 5.60 Å². The second-order valence-electron chi connectivity index (χ2n) is 9.59. The molecule has 5 rings (SSSR count). The highest BCUT2D eigenvalue weighted by Gasteiger charge is 2.54. The minimum Gasteiger partial charge on any atom is -0.493 e. The molecule has 0 saturated heterocycles. The van der Waals surface area contributed by atoms with Gasteiger partial charge in [-0.1, -0.05) is 31.5 Å². The number of fused-ring (bicyclic) bond motifs is 2. The lowest BCUT2D eigenvalue weighted by Crippen LogP contribution is -2.33. The molecule has 3 heterocycles. The average molecular weight is 512 g/mol. The number of anilines is 1. The molecule has 1 aliphatic heterocycles. The summed E-state index contributed by atoms with van der Waals surface area (Å²) in [7, 11) is 0. The average Bonchev–Trinajstić information content (AvgIpc) is 3.42. The van der Waals surface area contributed by atoms with Crippen LogP contribution >= 0.6 is 0 Å². The van der Waals surface area contributed by atoms with E-state index in [-0.39, 0.29) is 5.97 Å². The van der Waals surface area contributed by atoms with Gasteiger partial charge >= 0.3 is 5.97 Å². The fourth-order valence-electron chi connectivity index (χ4n) is 6.05. The summed E-state index contributed by atoms with van der Waals surface area (Å²) in [5.74, 6) is 0.345. The summed E-state index contributed by atoms with van der Waals surface area (Å²) >= 11 is 0. The molecule has 4 aromatic rings. The summed E-state index contributed by atoms with van der Waals surface area (Å²) in [5, 5.41) is 1.07. The van der Waals surface area contributed by atoms with E-state index in [1.165, 1.54) is 0 Å². The molecule has 0 amide bonds. The summed E-state index contributed by atoms with van der Waals surface area (Å²) < 4.78 is 15.3. The Morgan fingerprint density at radius 2 is 1.79 bits per heavy atom. The van der Waals surface area contributed by atoms with Gasteiger partial charge in [0.15, 0.2) is 0 Å². The highest BCUT2D eigenvalue weighted by molar-refractivity contribution is 5.98. The van der Waals surface area contributed by atoms with Crippen molar-refractivity contribution in [2.75, 3.05) is 24.6 Å². The predicted octanol–water partition coefficient (Wildman–Crippen LogP) is 6.72. The molecule has 1 aliphatic rings. The first-order valence-electron chi connectivity index (χ1n) is 13.9. The minimum absolute atomic E-state index is 0.362. The third-order valence-corrected chi connectivity index (χ3v) is 7.61. The summed E-state index contributed by atoms with van der Waals surface area (Å²) in [4.78, 5) is 20.6. The SMILES string of the molecule is CCCc1c(C2(c3ccc(N(CC)CC)cc3OCC)OC(=O)c3cccnc32)c2ccccc2n1CC. The number of rotatable bonds is 10. The fraction of sp³-hybridized carbons (Fsp3) is 0.375. The molecule has 0 spiro atoms. The van der Waals surface area contributed by atoms with Crippen molar-refractivity contribution in [2.24, 2.45) is 0 Å². The third kappa shape index (κ3) is 3.85. The van der Waals surface area contributed by atoms with E-state index in [1.54, 1.807) is 12.3 Å². The number of ether oxygens (including phenoxy) is 2. The van der Waals surface area contributed by atoms with Gasteiger partial charge < -0.3 is 18.9 Å². The van der Waals surface area contributed by atoms with Gasteiger partial charge in [-0.2, -0.15) is 0 Å². The van der Waals surface area contributed by atoms with Crippen molar-refractivity contribution in [3.05, 3.63) is 88.9 Å². The van der Waals surface area contributed by atoms with Crippen molar-refractivity contribution in [2.45, 2.75) is 59.6 Å². The van der Waals surface area contributed by atoms with E-state index in [0.717, 1.165) is 65.9 Å². The van der Waals surface area contributed by atoms with Crippen LogP contribution in [0.15, 0.2) is 60.8 Å². The van der Waals surface area contributed by atoms with Crippen LogP contribution in [0.2, 0.25) is 0 Å². The molecular weight excluding hydrogens is 474 g/mol. The Morgan fingerprint density at radius 3 is 2.50 bits per heavy atom. The maximum atomic E-state index is 13.5. The number of aryl methyl sites for hydroxylation is 1. The van der Waals surface area contributed by atoms with E-state index in [0.29, 0.717) is 23.6 Å². The van der Waals surface area contributed by atoms with Crippen molar-refractivity contribution < 1.29 is 14.3 Å². The van der Waals surface area contributed by atoms with Gasteiger partial charge in [-0.05, 0) is 64.4 Å². The van der Waals surface area contributed by atoms with Crippen LogP contribution in [-0.2, 0) is 23.3 Å². The zero-order chi connectivity index (χ0) is 26.9. The number of pyridine rings is 1. The van der Waals surface area contributed by atoms with Crippen molar-refractivity contribution in [1.29, 1.82) is 0 Å². The first-order chi connectivity index (χ1) is 18.5. The molecule has 6 heteroatoms. The van der Waals surface area contributed by atoms with E-state index in [2.05, 4.69) is 79.6 Å². The Morgan fingerprint density at radius 1 is 1.00 bits per heavy atom. The summed E-state index contributed by atoms with van der Waals surface area (Å²) in [6, 6.07) is 18.3. The van der Waals surface area contributed by atoms with E-state index >= 15 is 0 Å². The van der Waals surface area contributed by atoms with E-state index in [4.69, 9.17) is 14.5 Å². The van der Waals surface area contributed by atoms with Crippen LogP contribution in [0, 0.1) is 0 Å². The predicted molar refractivity (Wildman–Crippen MR) is 152 cm³/mol. The molecule has 0 fully saturated rings. The van der Waals surface area contributed by atoms with Crippen molar-refractivity contribution >= 4 is 22.6 Å². The van der Waals surface area contributed by atoms with Crippen molar-refractivity contribution in [3.63, 3.8) is 0 Å². The smallest absolute Gasteiger partial charge is 0.341 e. The third-order valence-electron chi connectivity index (χ3n) is 7.61. The molecule has 198 valence electrons. The van der Waals surface area contributed by atoms with Crippen molar-refractivity contribution in [1.82, 2.24) is 9.55 Å². The lowest BCUT2D eigenvalue weighted by atomic mass is 9.80. The molecule has 38 heavy (non-hydrogen) atoms. The highest BCUT2D eigenvalue weighted by Crippen LogP contribution is 2.53. The largest absolute Gasteiger partial charge is 0.493 e. The maximum Gasteiger partial charge on any atom is 0.341 e. The second-order valence-corrected chi connectivity index (χ2v) is 9.59. The molecule has 0 bridgehead atoms. The Bertz CT molecular complexity index is 1470. The fourth-order valence-corrected chi connectivity index (χ4v) is 6.05. The number of hydrogen-bond acceptors (Lipinski definition) is 5. The molecule has 2 aromatic heterocycles. The topological polar surface area (TPSA) is 56.6 Å². The van der Waals surface area contributed by atoms with Gasteiger partial charge in [0.2, 0.25) is 5.60 Å². The Kier molecular flexibility index (Phi) is 7.15. The standard InChI is InChI=1S/C32H37N3O3/c1-6-14-27-29(23-15-11-12-17-26(23)35(27)9-4)32(30-24(31(36)38-32)16-13-20-33-30)25-19-18-22(34(7-2)8-3)21-28(25)37-10-5/h11-13,15-21H,6-10,14H2,1-5H3. The highest BCUT2D eigenvalue weighted by atomic mass is 16.6. The molecule has 6 nitrogen and oxygen atoms in total. The number of carbonyl (C=O) groups excluding carboxylic acids is 1. The maximum absolute atomic E-state index is 13.5. The van der Waals surface area contributed by atoms with Crippen LogP contribution in [0.3, 0.4) is 0 Å². The lowest BCUT2D eigenvalue weighted by molar-refractivity contribution is 0.0237. The van der Waals surface area contributed by atoms with Crippen LogP contribution in [-0.4, -0.2) is 35.2 Å². The number of aromatic nitrogens is 2. The van der Waals surface area contributed by atoms with Crippen molar-refractivity contribution in [3.8, 4) is 5.75 Å². The Labute approximate surface area is 225 Å². The van der Waals surface area contributed by atoms with E-state index in [9.17, 15) is 4.79 Å². The van der Waals surface area contributed by atoms with Crippen LogP contribution in [0.25, 0.3) is 10.9 Å². The van der Waals surface area contributed by atoms with Gasteiger partial charge in [0, 0.05) is 65.3 Å². The molecule has 1 atom stereocenters. The van der Waals surface area contributed by atoms with Gasteiger partial charge in [-0.25, -0.2) is 4.79 Å². The number of cyclic esters (lactones) is 1. The zero-order valence-corrected chi connectivity index (χ0v) is 23.1. The Balaban J connectivity index is 1.93. The molecule has 2 aromatic carbocycles. The quantitative estimate of drug-likeness (QED) is 0.221. The summed E-state index contributed by atoms with van der Waals surface area (Å²) in [6.45, 7) is 13.7. The number of hydrogen-bond donors (Lipinski definition) is 0. The molecule has 0 aliphatic carbocycles. The first-order valence-corrected chi connectivity index (χ1v) is 13.9. The number of esters is 1. The van der Waals surface area contributed by atoms with Crippen LogP contribution in [0.1, 0.15) is 73.9 Å². The van der Waals surface area contributed by atoms with Gasteiger partial charge in [0.05, 0.1) is 12.2 Å². The normalized spacial score (nSPS) is 16.5. The molecule has 0 N–H and O–H groups in total. The van der Waals surface area contributed by atoms with Crippen LogP contribution < -0.4 is 9.64 Å². The van der Waals surface area contributed by atoms with Crippen LogP contribution in [0.5, 0.6) is 5.75 Å². The number of para-hydroxylation sites is 1. The number of carbonyl (C=O) groups is 1. The molecule has 1 unspecified atom stereocenters. The monoisotopic (exact) mass is 511 g/mol. The molecule has 0 radical (unpaired) electrons. The molecule has 0 saturated carbocycles. The van der Waals surface area contributed by atoms with E-state index in [1.807, 2.05) is 13.0 Å². The number of benzene rings is 2. The lowest BCUT2D eigenvalue weighted by Gasteiger charge is -2.32. The van der Waals surface area contributed by atoms with Gasteiger partial charge in [-0.3, -0.25) is 4.98 Å². The Hall–Kier alpha value is -3.80. The number of nitrogens with zero attached hydrogens (tertiary/aromatic N) is 3. The van der Waals surface area contributed by atoms with Crippen LogP contribution in [0.4, 0.5) is 5.69 Å². The molecular formula is C32H37N3O3. The first kappa shape index (κ1) is 25.8. The summed E-state index contributed by atoms with van der Waals surface area (Å²) in [5.41, 5.74) is 5.05. The summed E-state index contributed by atoms with van der Waals surface area (Å²) in [6.07, 6.45) is 3.56. The zero-order valence-electron chi connectivity index (χ0n) is 23.1. The van der Waals surface area contributed by atoms with Gasteiger partial charge in [0.25, 0.3) is 0 Å². The van der Waals surface area contributed by atoms with Gasteiger partial charge in [-0.15, -0.1) is 0 Å². The minimum atomic E-state index is -1.23. The second kappa shape index (κ2) is 10.5.